The van der Waals surface area contributed by atoms with Crippen LogP contribution in [0, 0.1) is 10.1 Å². The van der Waals surface area contributed by atoms with E-state index in [2.05, 4.69) is 5.32 Å². The lowest BCUT2D eigenvalue weighted by Gasteiger charge is -2.14. The molecular weight excluding hydrogens is 396 g/mol. The molecule has 0 aliphatic rings. The van der Waals surface area contributed by atoms with Gasteiger partial charge in [-0.3, -0.25) is 19.7 Å². The summed E-state index contributed by atoms with van der Waals surface area (Å²) in [4.78, 5) is 46.8. The van der Waals surface area contributed by atoms with Gasteiger partial charge in [0, 0.05) is 23.8 Å². The lowest BCUT2D eigenvalue weighted by Crippen LogP contribution is -2.40. The van der Waals surface area contributed by atoms with Crippen molar-refractivity contribution < 1.29 is 33.5 Å². The van der Waals surface area contributed by atoms with Crippen molar-refractivity contribution in [2.45, 2.75) is 13.0 Å². The molecule has 1 N–H and O–H groups in total. The number of esters is 1. The minimum atomic E-state index is -1.08. The smallest absolute Gasteiger partial charge is 0.328 e. The lowest BCUT2D eigenvalue weighted by atomic mass is 10.1. The number of hydrogen-bond acceptors (Lipinski definition) is 8. The van der Waals surface area contributed by atoms with E-state index < -0.39 is 35.2 Å². The van der Waals surface area contributed by atoms with E-state index in [0.29, 0.717) is 5.75 Å². The van der Waals surface area contributed by atoms with Crippen molar-refractivity contribution in [1.82, 2.24) is 5.32 Å². The van der Waals surface area contributed by atoms with Gasteiger partial charge in [0.15, 0.2) is 6.61 Å². The fourth-order valence-corrected chi connectivity index (χ4v) is 2.47. The van der Waals surface area contributed by atoms with Crippen LogP contribution in [0.25, 0.3) is 0 Å². The van der Waals surface area contributed by atoms with Crippen LogP contribution in [-0.2, 0) is 9.53 Å². The van der Waals surface area contributed by atoms with Gasteiger partial charge in [-0.05, 0) is 25.1 Å². The second-order valence-corrected chi connectivity index (χ2v) is 6.10. The molecule has 0 heterocycles. The number of ketones is 1. The van der Waals surface area contributed by atoms with Crippen LogP contribution in [0.2, 0.25) is 0 Å². The van der Waals surface area contributed by atoms with Crippen LogP contribution in [0.5, 0.6) is 11.5 Å². The molecule has 0 aliphatic heterocycles. The number of methoxy groups -OCH3 is 2. The number of amides is 1. The standard InChI is InChI=1S/C20H20N2O8/c1-12(21-19(24)13-5-4-6-14(9-13)22(26)27)20(25)30-11-17(23)16-8-7-15(28-2)10-18(16)29-3/h4-10,12H,11H2,1-3H3,(H,21,24)/t12-/m0/s1. The molecule has 0 bridgehead atoms. The monoisotopic (exact) mass is 416 g/mol. The van der Waals surface area contributed by atoms with E-state index in [1.165, 1.54) is 51.5 Å². The van der Waals surface area contributed by atoms with Crippen LogP contribution in [0.3, 0.4) is 0 Å². The molecule has 0 saturated heterocycles. The summed E-state index contributed by atoms with van der Waals surface area (Å²) in [5.41, 5.74) is -0.0285. The highest BCUT2D eigenvalue weighted by atomic mass is 16.6. The van der Waals surface area contributed by atoms with Crippen LogP contribution in [0.4, 0.5) is 5.69 Å². The Morgan fingerprint density at radius 3 is 2.47 bits per heavy atom. The fraction of sp³-hybridized carbons (Fsp3) is 0.250. The van der Waals surface area contributed by atoms with Gasteiger partial charge in [-0.2, -0.15) is 0 Å². The number of nitrogens with one attached hydrogen (secondary N) is 1. The molecule has 0 saturated carbocycles. The lowest BCUT2D eigenvalue weighted by molar-refractivity contribution is -0.384. The Bertz CT molecular complexity index is 973. The van der Waals surface area contributed by atoms with Crippen molar-refractivity contribution >= 4 is 23.3 Å². The first-order valence-electron chi connectivity index (χ1n) is 8.74. The number of Topliss-reactive ketones (excluding diaryl/α,β-unsaturated/α-hetero) is 1. The largest absolute Gasteiger partial charge is 0.497 e. The Morgan fingerprint density at radius 1 is 1.10 bits per heavy atom. The average Bonchev–Trinajstić information content (AvgIpc) is 2.76. The van der Waals surface area contributed by atoms with Crippen molar-refractivity contribution in [2.75, 3.05) is 20.8 Å². The first-order chi connectivity index (χ1) is 14.3. The number of nitro benzene ring substituents is 1. The number of carbonyl (C=O) groups is 3. The maximum atomic E-state index is 12.3. The maximum absolute atomic E-state index is 12.3. The van der Waals surface area contributed by atoms with Crippen molar-refractivity contribution in [3.8, 4) is 11.5 Å². The van der Waals surface area contributed by atoms with E-state index in [1.807, 2.05) is 0 Å². The summed E-state index contributed by atoms with van der Waals surface area (Å²) in [5.74, 6) is -1.26. The molecule has 10 heteroatoms. The molecule has 0 fully saturated rings. The van der Waals surface area contributed by atoms with E-state index in [1.54, 1.807) is 6.07 Å². The van der Waals surface area contributed by atoms with Gasteiger partial charge in [0.25, 0.3) is 11.6 Å². The van der Waals surface area contributed by atoms with Gasteiger partial charge in [0.05, 0.1) is 24.7 Å². The highest BCUT2D eigenvalue weighted by Crippen LogP contribution is 2.25. The molecule has 10 nitrogen and oxygen atoms in total. The number of hydrogen-bond donors (Lipinski definition) is 1. The van der Waals surface area contributed by atoms with Crippen LogP contribution >= 0.6 is 0 Å². The highest BCUT2D eigenvalue weighted by molar-refractivity contribution is 6.01. The number of ether oxygens (including phenoxy) is 3. The van der Waals surface area contributed by atoms with Gasteiger partial charge in [-0.1, -0.05) is 6.07 Å². The first-order valence-corrected chi connectivity index (χ1v) is 8.74. The second kappa shape index (κ2) is 10.0. The predicted octanol–water partition coefficient (Wildman–Crippen LogP) is 2.16. The summed E-state index contributed by atoms with van der Waals surface area (Å²) < 4.78 is 15.2. The van der Waals surface area contributed by atoms with E-state index in [9.17, 15) is 24.5 Å². The summed E-state index contributed by atoms with van der Waals surface area (Å²) in [6.45, 7) is 0.814. The van der Waals surface area contributed by atoms with Crippen molar-refractivity contribution in [2.24, 2.45) is 0 Å². The highest BCUT2D eigenvalue weighted by Gasteiger charge is 2.21. The van der Waals surface area contributed by atoms with Crippen LogP contribution in [0.15, 0.2) is 42.5 Å². The molecule has 2 aromatic rings. The SMILES string of the molecule is COc1ccc(C(=O)COC(=O)[C@H](C)NC(=O)c2cccc([N+](=O)[O-])c2)c(OC)c1. The third kappa shape index (κ3) is 5.53. The van der Waals surface area contributed by atoms with Crippen molar-refractivity contribution in [3.05, 3.63) is 63.7 Å². The zero-order valence-electron chi connectivity index (χ0n) is 16.5. The quantitative estimate of drug-likeness (QED) is 0.284. The normalized spacial score (nSPS) is 11.2. The van der Waals surface area contributed by atoms with Crippen molar-refractivity contribution in [3.63, 3.8) is 0 Å². The number of non-ortho nitro benzene ring substituents is 1. The third-order valence-electron chi connectivity index (χ3n) is 4.07. The fourth-order valence-electron chi connectivity index (χ4n) is 2.47. The number of rotatable bonds is 9. The van der Waals surface area contributed by atoms with Gasteiger partial charge in [-0.25, -0.2) is 4.79 Å². The van der Waals surface area contributed by atoms with E-state index >= 15 is 0 Å². The predicted molar refractivity (Wildman–Crippen MR) is 105 cm³/mol. The van der Waals surface area contributed by atoms with Gasteiger partial charge in [-0.15, -0.1) is 0 Å². The minimum Gasteiger partial charge on any atom is -0.497 e. The molecule has 0 radical (unpaired) electrons. The van der Waals surface area contributed by atoms with Crippen LogP contribution in [-0.4, -0.2) is 49.5 Å². The summed E-state index contributed by atoms with van der Waals surface area (Å²) in [7, 11) is 2.87. The van der Waals surface area contributed by atoms with Crippen LogP contribution < -0.4 is 14.8 Å². The summed E-state index contributed by atoms with van der Waals surface area (Å²) in [6.07, 6.45) is 0. The number of nitro groups is 1. The molecule has 0 spiro atoms. The average molecular weight is 416 g/mol. The molecule has 2 rings (SSSR count). The zero-order chi connectivity index (χ0) is 22.3. The Labute approximate surface area is 171 Å². The topological polar surface area (TPSA) is 134 Å². The van der Waals surface area contributed by atoms with Gasteiger partial charge in [0.1, 0.15) is 17.5 Å². The summed E-state index contributed by atoms with van der Waals surface area (Å²) >= 11 is 0. The summed E-state index contributed by atoms with van der Waals surface area (Å²) in [6, 6.07) is 8.57. The molecule has 30 heavy (non-hydrogen) atoms. The molecule has 1 amide bonds. The van der Waals surface area contributed by atoms with E-state index in [-0.39, 0.29) is 22.6 Å². The Morgan fingerprint density at radius 2 is 1.83 bits per heavy atom. The molecule has 1 atom stereocenters. The third-order valence-corrected chi connectivity index (χ3v) is 4.07. The second-order valence-electron chi connectivity index (χ2n) is 6.10. The van der Waals surface area contributed by atoms with Crippen molar-refractivity contribution in [1.29, 1.82) is 0 Å². The van der Waals surface area contributed by atoms with Gasteiger partial charge < -0.3 is 19.5 Å². The molecule has 0 aromatic heterocycles. The Hall–Kier alpha value is -3.95. The number of nitrogens with zero attached hydrogens (tertiary/aromatic N) is 1. The van der Waals surface area contributed by atoms with E-state index in [0.717, 1.165) is 6.07 Å². The molecule has 158 valence electrons. The molecule has 2 aromatic carbocycles. The maximum Gasteiger partial charge on any atom is 0.328 e. The van der Waals surface area contributed by atoms with E-state index in [4.69, 9.17) is 14.2 Å². The van der Waals surface area contributed by atoms with Gasteiger partial charge >= 0.3 is 5.97 Å². The molecule has 0 unspecified atom stereocenters. The number of carbonyl (C=O) groups excluding carboxylic acids is 3. The van der Waals surface area contributed by atoms with Gasteiger partial charge in [0.2, 0.25) is 5.78 Å². The number of benzene rings is 2. The Kier molecular flexibility index (Phi) is 7.45. The zero-order valence-corrected chi connectivity index (χ0v) is 16.5. The summed E-state index contributed by atoms with van der Waals surface area (Å²) in [5, 5.41) is 13.2. The van der Waals surface area contributed by atoms with Crippen LogP contribution in [0.1, 0.15) is 27.6 Å². The first kappa shape index (κ1) is 22.3. The Balaban J connectivity index is 1.96. The minimum absolute atomic E-state index is 0.0166. The molecular formula is C20H20N2O8. The molecule has 0 aliphatic carbocycles.